The van der Waals surface area contributed by atoms with Crippen LogP contribution in [0.1, 0.15) is 17.0 Å². The molecule has 1 N–H and O–H groups in total. The van der Waals surface area contributed by atoms with Crippen molar-refractivity contribution in [1.82, 2.24) is 19.5 Å². The molecule has 0 aliphatic rings. The number of hydrogen-bond donors (Lipinski definition) is 1. The summed E-state index contributed by atoms with van der Waals surface area (Å²) in [7, 11) is 0. The first kappa shape index (κ1) is 21.7. The van der Waals surface area contributed by atoms with Gasteiger partial charge >= 0.3 is 6.18 Å². The maximum atomic E-state index is 12.9. The number of thioether (sulfide) groups is 1. The lowest BCUT2D eigenvalue weighted by Gasteiger charge is -2.12. The first-order chi connectivity index (χ1) is 15.4. The van der Waals surface area contributed by atoms with Gasteiger partial charge in [-0.2, -0.15) is 13.2 Å². The molecule has 0 radical (unpaired) electrons. The fourth-order valence-corrected chi connectivity index (χ4v) is 3.82. The van der Waals surface area contributed by atoms with Gasteiger partial charge in [0.1, 0.15) is 0 Å². The van der Waals surface area contributed by atoms with E-state index >= 15 is 0 Å². The molecule has 2 aromatic carbocycles. The molecule has 164 valence electrons. The molecule has 2 heterocycles. The Kier molecular flexibility index (Phi) is 6.31. The van der Waals surface area contributed by atoms with Crippen LogP contribution in [0.3, 0.4) is 0 Å². The fraction of sp³-hybridized carbons (Fsp3) is 0.136. The second-order valence-electron chi connectivity index (χ2n) is 6.85. The van der Waals surface area contributed by atoms with E-state index in [2.05, 4.69) is 15.5 Å². The fourth-order valence-electron chi connectivity index (χ4n) is 3.07. The van der Waals surface area contributed by atoms with Crippen LogP contribution in [0.15, 0.2) is 84.3 Å². The van der Waals surface area contributed by atoms with E-state index in [4.69, 9.17) is 0 Å². The summed E-state index contributed by atoms with van der Waals surface area (Å²) < 4.78 is 42.2. The largest absolute Gasteiger partial charge is 0.416 e. The summed E-state index contributed by atoms with van der Waals surface area (Å²) in [6, 6.07) is 18.1. The van der Waals surface area contributed by atoms with E-state index in [1.165, 1.54) is 12.1 Å². The molecule has 4 aromatic rings. The smallest absolute Gasteiger partial charge is 0.325 e. The second-order valence-corrected chi connectivity index (χ2v) is 7.79. The normalized spacial score (nSPS) is 11.5. The molecule has 0 atom stereocenters. The van der Waals surface area contributed by atoms with E-state index in [9.17, 15) is 18.0 Å². The van der Waals surface area contributed by atoms with Crippen molar-refractivity contribution < 1.29 is 18.0 Å². The SMILES string of the molecule is O=C(CSc1nnc(Cc2ccccc2)n1-n1cccc1)Nc1cccc(C(F)(F)F)c1. The van der Waals surface area contributed by atoms with Crippen LogP contribution >= 0.6 is 11.8 Å². The molecule has 0 aliphatic heterocycles. The lowest BCUT2D eigenvalue weighted by molar-refractivity contribution is -0.137. The third-order valence-corrected chi connectivity index (χ3v) is 5.43. The van der Waals surface area contributed by atoms with Gasteiger partial charge in [0.05, 0.1) is 11.3 Å². The summed E-state index contributed by atoms with van der Waals surface area (Å²) in [6.45, 7) is 0. The summed E-state index contributed by atoms with van der Waals surface area (Å²) in [4.78, 5) is 12.4. The summed E-state index contributed by atoms with van der Waals surface area (Å²) in [6.07, 6.45) is -0.254. The molecule has 10 heteroatoms. The second kappa shape index (κ2) is 9.31. The maximum Gasteiger partial charge on any atom is 0.416 e. The zero-order valence-electron chi connectivity index (χ0n) is 16.7. The minimum Gasteiger partial charge on any atom is -0.325 e. The van der Waals surface area contributed by atoms with Crippen molar-refractivity contribution in [3.63, 3.8) is 0 Å². The quantitative estimate of drug-likeness (QED) is 0.408. The number of amides is 1. The van der Waals surface area contributed by atoms with E-state index in [1.807, 2.05) is 59.5 Å². The number of anilines is 1. The van der Waals surface area contributed by atoms with Crippen LogP contribution in [-0.2, 0) is 17.4 Å². The molecule has 6 nitrogen and oxygen atoms in total. The molecule has 0 unspecified atom stereocenters. The van der Waals surface area contributed by atoms with Crippen LogP contribution in [0.25, 0.3) is 0 Å². The van der Waals surface area contributed by atoms with Crippen molar-refractivity contribution in [2.24, 2.45) is 0 Å². The van der Waals surface area contributed by atoms with Gasteiger partial charge < -0.3 is 5.32 Å². The number of carbonyl (C=O) groups is 1. The average molecular weight is 457 g/mol. The zero-order chi connectivity index (χ0) is 22.6. The Morgan fingerprint density at radius 2 is 1.72 bits per heavy atom. The molecular weight excluding hydrogens is 439 g/mol. The Morgan fingerprint density at radius 1 is 0.969 bits per heavy atom. The monoisotopic (exact) mass is 457 g/mol. The highest BCUT2D eigenvalue weighted by atomic mass is 32.2. The molecule has 0 saturated carbocycles. The third-order valence-electron chi connectivity index (χ3n) is 4.51. The Bertz CT molecular complexity index is 1190. The van der Waals surface area contributed by atoms with Crippen molar-refractivity contribution in [2.75, 3.05) is 11.1 Å². The van der Waals surface area contributed by atoms with Crippen LogP contribution < -0.4 is 5.32 Å². The van der Waals surface area contributed by atoms with Gasteiger partial charge in [-0.15, -0.1) is 10.2 Å². The highest BCUT2D eigenvalue weighted by Gasteiger charge is 2.30. The number of rotatable bonds is 7. The molecule has 0 aliphatic carbocycles. The molecule has 0 spiro atoms. The predicted octanol–water partition coefficient (Wildman–Crippen LogP) is 4.73. The van der Waals surface area contributed by atoms with E-state index in [0.29, 0.717) is 17.4 Å². The maximum absolute atomic E-state index is 12.9. The molecule has 2 aromatic heterocycles. The van der Waals surface area contributed by atoms with Gasteiger partial charge in [0.2, 0.25) is 11.1 Å². The lowest BCUT2D eigenvalue weighted by atomic mass is 10.1. The van der Waals surface area contributed by atoms with Crippen LogP contribution in [0, 0.1) is 0 Å². The Hall–Kier alpha value is -3.53. The van der Waals surface area contributed by atoms with Gasteiger partial charge in [-0.1, -0.05) is 48.2 Å². The number of nitrogens with one attached hydrogen (secondary N) is 1. The van der Waals surface area contributed by atoms with E-state index in [1.54, 1.807) is 4.68 Å². The van der Waals surface area contributed by atoms with Gasteiger partial charge in [0, 0.05) is 24.5 Å². The summed E-state index contributed by atoms with van der Waals surface area (Å²) in [5, 5.41) is 11.5. The van der Waals surface area contributed by atoms with E-state index < -0.39 is 17.6 Å². The molecular formula is C22H18F3N5OS. The predicted molar refractivity (Wildman–Crippen MR) is 115 cm³/mol. The van der Waals surface area contributed by atoms with Gasteiger partial charge in [0.15, 0.2) is 5.82 Å². The highest BCUT2D eigenvalue weighted by Crippen LogP contribution is 2.30. The van der Waals surface area contributed by atoms with Crippen molar-refractivity contribution in [1.29, 1.82) is 0 Å². The van der Waals surface area contributed by atoms with Crippen molar-refractivity contribution in [2.45, 2.75) is 17.8 Å². The molecule has 0 fully saturated rings. The lowest BCUT2D eigenvalue weighted by Crippen LogP contribution is -2.17. The van der Waals surface area contributed by atoms with Crippen molar-refractivity contribution >= 4 is 23.4 Å². The first-order valence-electron chi connectivity index (χ1n) is 9.62. The van der Waals surface area contributed by atoms with E-state index in [-0.39, 0.29) is 11.4 Å². The number of alkyl halides is 3. The highest BCUT2D eigenvalue weighted by molar-refractivity contribution is 7.99. The summed E-state index contributed by atoms with van der Waals surface area (Å²) in [5.74, 6) is 0.204. The van der Waals surface area contributed by atoms with Crippen LogP contribution in [0.2, 0.25) is 0 Å². The third kappa shape index (κ3) is 5.20. The van der Waals surface area contributed by atoms with Gasteiger partial charge in [0.25, 0.3) is 0 Å². The van der Waals surface area contributed by atoms with Gasteiger partial charge in [-0.05, 0) is 35.9 Å². The molecule has 1 amide bonds. The first-order valence-corrected chi connectivity index (χ1v) is 10.6. The van der Waals surface area contributed by atoms with Crippen molar-refractivity contribution in [3.8, 4) is 0 Å². The number of hydrogen-bond acceptors (Lipinski definition) is 4. The molecule has 0 bridgehead atoms. The van der Waals surface area contributed by atoms with Crippen molar-refractivity contribution in [3.05, 3.63) is 96.1 Å². The molecule has 32 heavy (non-hydrogen) atoms. The summed E-state index contributed by atoms with van der Waals surface area (Å²) >= 11 is 1.15. The van der Waals surface area contributed by atoms with Crippen LogP contribution in [0.5, 0.6) is 0 Å². The van der Waals surface area contributed by atoms with Gasteiger partial charge in [-0.3, -0.25) is 9.47 Å². The number of nitrogens with zero attached hydrogens (tertiary/aromatic N) is 4. The average Bonchev–Trinajstić information content (AvgIpc) is 3.42. The summed E-state index contributed by atoms with van der Waals surface area (Å²) in [5.41, 5.74) is 0.329. The Balaban J connectivity index is 1.48. The Labute approximate surface area is 186 Å². The number of halogens is 3. The van der Waals surface area contributed by atoms with Gasteiger partial charge in [-0.25, -0.2) is 4.68 Å². The minimum atomic E-state index is -4.47. The standard InChI is InChI=1S/C22H18F3N5OS/c23-22(24,25)17-9-6-10-18(14-17)26-20(31)15-32-21-28-27-19(13-16-7-2-1-3-8-16)30(21)29-11-4-5-12-29/h1-12,14H,13,15H2,(H,26,31). The number of benzene rings is 2. The zero-order valence-corrected chi connectivity index (χ0v) is 17.5. The minimum absolute atomic E-state index is 0.0407. The van der Waals surface area contributed by atoms with Crippen LogP contribution in [0.4, 0.5) is 18.9 Å². The van der Waals surface area contributed by atoms with Crippen LogP contribution in [-0.4, -0.2) is 31.2 Å². The van der Waals surface area contributed by atoms with E-state index in [0.717, 1.165) is 29.5 Å². The topological polar surface area (TPSA) is 64.7 Å². The Morgan fingerprint density at radius 3 is 2.44 bits per heavy atom. The molecule has 4 rings (SSSR count). The molecule has 0 saturated heterocycles. The number of carbonyl (C=O) groups excluding carboxylic acids is 1. The number of aromatic nitrogens is 4.